The van der Waals surface area contributed by atoms with Crippen LogP contribution in [-0.2, 0) is 55.0 Å². The molecule has 0 fully saturated rings. The van der Waals surface area contributed by atoms with E-state index in [-0.39, 0.29) is 16.5 Å². The van der Waals surface area contributed by atoms with E-state index in [4.69, 9.17) is 0 Å². The average Bonchev–Trinajstić information content (AvgIpc) is 4.01. The number of aryl methyl sites for hydroxylation is 4. The Labute approximate surface area is 506 Å². The zero-order chi connectivity index (χ0) is 57.3. The predicted octanol–water partition coefficient (Wildman–Crippen LogP) is 26.3. The number of unbranched alkanes of at least 4 members (excludes halogenated alkanes) is 30. The molecule has 0 saturated carbocycles. The maximum Gasteiger partial charge on any atom is 2.00 e. The average molecular weight is 1130 g/mol. The van der Waals surface area contributed by atoms with Crippen LogP contribution in [0.15, 0.2) is 35.4 Å². The summed E-state index contributed by atoms with van der Waals surface area (Å²) in [7, 11) is 0. The minimum absolute atomic E-state index is 0. The number of allylic oxidation sites excluding steroid dienone is 2. The third-order valence-corrected chi connectivity index (χ3v) is 16.8. The van der Waals surface area contributed by atoms with Crippen LogP contribution in [0, 0.1) is 13.8 Å². The molecule has 0 unspecified atom stereocenters. The van der Waals surface area contributed by atoms with Crippen molar-refractivity contribution in [3.05, 3.63) is 99.3 Å². The van der Waals surface area contributed by atoms with Crippen LogP contribution in [0.5, 0.6) is 0 Å². The van der Waals surface area contributed by atoms with Crippen LogP contribution in [0.3, 0.4) is 0 Å². The first-order chi connectivity index (χ1) is 38.3. The molecule has 0 bridgehead atoms. The Morgan fingerprint density at radius 1 is 0.278 bits per heavy atom. The second-order valence-electron chi connectivity index (χ2n) is 24.1. The Bertz CT molecular complexity index is 1600. The van der Waals surface area contributed by atoms with Crippen LogP contribution < -0.4 is 0 Å². The third-order valence-electron chi connectivity index (χ3n) is 16.8. The van der Waals surface area contributed by atoms with Crippen molar-refractivity contribution in [2.24, 2.45) is 0 Å². The van der Waals surface area contributed by atoms with E-state index in [0.717, 1.165) is 88.4 Å². The van der Waals surface area contributed by atoms with Crippen molar-refractivity contribution in [1.29, 1.82) is 0 Å². The molecule has 1 heterocycles. The van der Waals surface area contributed by atoms with E-state index in [1.54, 1.807) is 15.8 Å². The maximum absolute atomic E-state index is 12.7. The second-order valence-corrected chi connectivity index (χ2v) is 24.1. The molecule has 79 heavy (non-hydrogen) atoms. The van der Waals surface area contributed by atoms with Gasteiger partial charge >= 0.3 is 16.5 Å². The summed E-state index contributed by atoms with van der Waals surface area (Å²) >= 11 is 0. The number of nitrogens with zero attached hydrogens (tertiary/aromatic N) is 2. The zero-order valence-corrected chi connectivity index (χ0v) is 55.9. The van der Waals surface area contributed by atoms with Crippen LogP contribution >= 0.6 is 0 Å². The van der Waals surface area contributed by atoms with Crippen LogP contribution in [0.25, 0.3) is 16.9 Å². The van der Waals surface area contributed by atoms with Gasteiger partial charge in [-0.1, -0.05) is 262 Å². The summed E-state index contributed by atoms with van der Waals surface area (Å²) < 4.78 is 1.69. The van der Waals surface area contributed by atoms with Gasteiger partial charge in [0.05, 0.1) is 0 Å². The molecule has 0 amide bonds. The molecule has 0 radical (unpaired) electrons. The molecule has 0 atom stereocenters. The molecule has 2 aromatic rings. The van der Waals surface area contributed by atoms with Gasteiger partial charge in [-0.25, -0.2) is 4.70 Å². The smallest absolute Gasteiger partial charge is 0.493 e. The summed E-state index contributed by atoms with van der Waals surface area (Å²) in [5.41, 5.74) is 29.5. The Balaban J connectivity index is 0.00000171. The molecule has 1 aliphatic rings. The monoisotopic (exact) mass is 1130 g/mol. The Kier molecular flexibility index (Phi) is 52.6. The van der Waals surface area contributed by atoms with Crippen molar-refractivity contribution < 1.29 is 21.2 Å². The summed E-state index contributed by atoms with van der Waals surface area (Å²) in [5, 5.41) is 0. The van der Waals surface area contributed by atoms with E-state index in [0.29, 0.717) is 0 Å². The predicted molar refractivity (Wildman–Crippen MR) is 354 cm³/mol. The number of hydrogen-bond acceptors (Lipinski definition) is 0. The summed E-state index contributed by atoms with van der Waals surface area (Å²) in [5.74, 6) is 0. The van der Waals surface area contributed by atoms with Gasteiger partial charge in [-0.3, -0.25) is 0 Å². The van der Waals surface area contributed by atoms with Crippen molar-refractivity contribution in [3.63, 3.8) is 0 Å². The Morgan fingerprint density at radius 2 is 0.481 bits per heavy atom. The van der Waals surface area contributed by atoms with Gasteiger partial charge in [-0.05, 0) is 160 Å². The van der Waals surface area contributed by atoms with Crippen LogP contribution in [-0.4, -0.2) is 4.70 Å². The minimum atomic E-state index is 0. The number of hydrogen-bond donors (Lipinski definition) is 0. The third kappa shape index (κ3) is 33.2. The van der Waals surface area contributed by atoms with Gasteiger partial charge in [0.1, 0.15) is 0 Å². The Morgan fingerprint density at radius 3 is 0.709 bits per heavy atom. The van der Waals surface area contributed by atoms with E-state index in [1.165, 1.54) is 276 Å². The topological polar surface area (TPSA) is 25.3 Å². The van der Waals surface area contributed by atoms with Crippen molar-refractivity contribution in [3.8, 4) is 0 Å². The van der Waals surface area contributed by atoms with Gasteiger partial charge in [0.25, 0.3) is 0 Å². The molecule has 1 aliphatic heterocycles. The number of rotatable bonds is 48. The van der Waals surface area contributed by atoms with Crippen LogP contribution in [0.2, 0.25) is 0 Å². The van der Waals surface area contributed by atoms with Crippen molar-refractivity contribution in [1.82, 2.24) is 0 Å². The largest absolute Gasteiger partial charge is 2.00 e. The molecule has 2 aromatic carbocycles. The van der Waals surface area contributed by atoms with Crippen molar-refractivity contribution in [2.75, 3.05) is 0 Å². The van der Waals surface area contributed by atoms with Crippen molar-refractivity contribution in [2.45, 2.75) is 377 Å². The van der Waals surface area contributed by atoms with Crippen LogP contribution in [0.4, 0.5) is 0 Å². The zero-order valence-electron chi connectivity index (χ0n) is 54.9. The van der Waals surface area contributed by atoms with E-state index in [2.05, 4.69) is 107 Å². The van der Waals surface area contributed by atoms with E-state index in [1.807, 2.05) is 0 Å². The molecule has 3 rings (SSSR count). The standard InChI is InChI=1S/C48H76N2.2C14H29.Ni/c1-9-17-25-37-33-41(34-38(26-18-10-2)43(37)29-21-13-5)47-45(31-23-15-7)46(32-24-16-8)48(50(47)49)42-35-39(27-19-11-3)44(30-22-14-6)40(36-42)28-20-12-4;2*1-3-5-7-9-11-13-14-12-10-8-6-4-2;/h33-36H,9-32H2,1-8H3;2*1,3-14H2,2H3;/q;2*-1;+2. The summed E-state index contributed by atoms with van der Waals surface area (Å²) in [4.78, 5) is 0. The second kappa shape index (κ2) is 54.0. The molecule has 3 heteroatoms. The van der Waals surface area contributed by atoms with Crippen molar-refractivity contribution >= 4 is 11.4 Å². The van der Waals surface area contributed by atoms with Gasteiger partial charge in [0.15, 0.2) is 0 Å². The molecule has 0 aliphatic carbocycles. The van der Waals surface area contributed by atoms with E-state index >= 15 is 0 Å². The van der Waals surface area contributed by atoms with Crippen LogP contribution in [0.1, 0.15) is 383 Å². The fraction of sp³-hybridized carbons (Fsp3) is 0.763. The van der Waals surface area contributed by atoms with Gasteiger partial charge in [-0.2, -0.15) is 12.8 Å². The summed E-state index contributed by atoms with van der Waals surface area (Å²) in [6.45, 7) is 30.8. The van der Waals surface area contributed by atoms with E-state index in [9.17, 15) is 5.53 Å². The molecule has 458 valence electrons. The first kappa shape index (κ1) is 77.0. The molecular formula is C76H134N2Ni. The molecular weight excluding hydrogens is 1000 g/mol. The molecule has 0 aromatic heterocycles. The van der Waals surface area contributed by atoms with Gasteiger partial charge < -0.3 is 19.4 Å². The first-order valence-corrected chi connectivity index (χ1v) is 35.1. The van der Waals surface area contributed by atoms with Gasteiger partial charge in [0.2, 0.25) is 11.4 Å². The Hall–Kier alpha value is -1.99. The van der Waals surface area contributed by atoms with E-state index < -0.39 is 0 Å². The van der Waals surface area contributed by atoms with Gasteiger partial charge in [0, 0.05) is 22.3 Å². The molecule has 2 nitrogen and oxygen atoms in total. The molecule has 0 N–H and O–H groups in total. The SMILES string of the molecule is CCCCC1=C(c2cc(CCCC)c(CCCC)c(CCCC)c2)[N+](=[N-])C(c2cc(CCCC)c(CCCC)c(CCCC)c2)=C1CCCC.[CH2-]CCCCCCCCCCCCC.[CH2-]CCCCCCCCCCCCC.[Ni+2]. The minimum Gasteiger partial charge on any atom is -0.493 e. The number of benzene rings is 2. The maximum atomic E-state index is 12.7. The molecule has 0 saturated heterocycles. The fourth-order valence-corrected chi connectivity index (χ4v) is 11.8. The summed E-state index contributed by atoms with van der Waals surface area (Å²) in [6.07, 6.45) is 61.9. The normalized spacial score (nSPS) is 12.3. The summed E-state index contributed by atoms with van der Waals surface area (Å²) in [6, 6.07) is 10.0. The quantitative estimate of drug-likeness (QED) is 0.0273. The van der Waals surface area contributed by atoms with Gasteiger partial charge in [-0.15, -0.1) is 0 Å². The molecule has 0 spiro atoms. The first-order valence-electron chi connectivity index (χ1n) is 35.1. The fourth-order valence-electron chi connectivity index (χ4n) is 11.8.